The van der Waals surface area contributed by atoms with Gasteiger partial charge in [0.2, 0.25) is 5.91 Å². The molecule has 1 saturated carbocycles. The van der Waals surface area contributed by atoms with Crippen LogP contribution in [0.3, 0.4) is 0 Å². The molecular weight excluding hydrogens is 270 g/mol. The summed E-state index contributed by atoms with van der Waals surface area (Å²) >= 11 is 3.81. The Kier molecular flexibility index (Phi) is 4.16. The Morgan fingerprint density at radius 1 is 1.33 bits per heavy atom. The molecule has 1 saturated heterocycles. The fourth-order valence-electron chi connectivity index (χ4n) is 2.57. The molecule has 18 heavy (non-hydrogen) atoms. The second kappa shape index (κ2) is 5.33. The summed E-state index contributed by atoms with van der Waals surface area (Å²) in [6.45, 7) is 4.36. The van der Waals surface area contributed by atoms with Crippen LogP contribution in [-0.4, -0.2) is 46.0 Å². The molecule has 102 valence electrons. The normalized spacial score (nSPS) is 33.8. The topological polar surface area (TPSA) is 66.4 Å². The van der Waals surface area contributed by atoms with Gasteiger partial charge >= 0.3 is 5.97 Å². The van der Waals surface area contributed by atoms with Gasteiger partial charge in [0, 0.05) is 29.1 Å². The maximum Gasteiger partial charge on any atom is 0.307 e. The predicted octanol–water partition coefficient (Wildman–Crippen LogP) is 1.31. The van der Waals surface area contributed by atoms with Gasteiger partial charge in [-0.25, -0.2) is 0 Å². The third-order valence-electron chi connectivity index (χ3n) is 3.76. The average molecular weight is 289 g/mol. The van der Waals surface area contributed by atoms with Crippen molar-refractivity contribution in [3.8, 4) is 0 Å². The lowest BCUT2D eigenvalue weighted by molar-refractivity contribution is -0.140. The summed E-state index contributed by atoms with van der Waals surface area (Å²) in [6, 6.07) is 0. The average Bonchev–Trinajstić information content (AvgIpc) is 2.91. The van der Waals surface area contributed by atoms with Crippen molar-refractivity contribution in [1.29, 1.82) is 0 Å². The van der Waals surface area contributed by atoms with E-state index in [0.717, 1.165) is 11.5 Å². The van der Waals surface area contributed by atoms with Crippen LogP contribution in [0.25, 0.3) is 0 Å². The van der Waals surface area contributed by atoms with Crippen LogP contribution in [0.5, 0.6) is 0 Å². The summed E-state index contributed by atoms with van der Waals surface area (Å²) in [5.41, 5.74) is -0.398. The Morgan fingerprint density at radius 2 is 2.06 bits per heavy atom. The zero-order chi connectivity index (χ0) is 13.3. The molecule has 6 heteroatoms. The minimum atomic E-state index is -0.859. The van der Waals surface area contributed by atoms with Gasteiger partial charge in [-0.05, 0) is 5.41 Å². The molecule has 1 aliphatic heterocycles. The zero-order valence-electron chi connectivity index (χ0n) is 10.6. The highest BCUT2D eigenvalue weighted by Crippen LogP contribution is 2.58. The van der Waals surface area contributed by atoms with Gasteiger partial charge in [0.05, 0.1) is 11.8 Å². The highest BCUT2D eigenvalue weighted by atomic mass is 32.2. The third kappa shape index (κ3) is 2.79. The second-order valence-electron chi connectivity index (χ2n) is 5.43. The fraction of sp³-hybridized carbons (Fsp3) is 0.833. The summed E-state index contributed by atoms with van der Waals surface area (Å²) in [4.78, 5) is 23.0. The molecule has 0 spiro atoms. The van der Waals surface area contributed by atoms with E-state index in [1.165, 1.54) is 5.75 Å². The maximum absolute atomic E-state index is 12.0. The summed E-state index contributed by atoms with van der Waals surface area (Å²) in [5.74, 6) is 1.55. The molecule has 0 aromatic heterocycles. The van der Waals surface area contributed by atoms with E-state index in [1.54, 1.807) is 0 Å². The molecule has 2 fully saturated rings. The van der Waals surface area contributed by atoms with Crippen molar-refractivity contribution >= 4 is 35.4 Å². The van der Waals surface area contributed by atoms with Crippen LogP contribution in [0.2, 0.25) is 0 Å². The number of carbonyl (C=O) groups excluding carboxylic acids is 1. The smallest absolute Gasteiger partial charge is 0.307 e. The number of rotatable bonds is 4. The van der Waals surface area contributed by atoms with E-state index in [2.05, 4.69) is 5.32 Å². The van der Waals surface area contributed by atoms with Gasteiger partial charge in [-0.15, -0.1) is 0 Å². The third-order valence-corrected chi connectivity index (χ3v) is 6.61. The number of hydrogen-bond donors (Lipinski definition) is 2. The van der Waals surface area contributed by atoms with Gasteiger partial charge < -0.3 is 10.4 Å². The van der Waals surface area contributed by atoms with Crippen molar-refractivity contribution in [2.75, 3.05) is 23.8 Å². The summed E-state index contributed by atoms with van der Waals surface area (Å²) < 4.78 is 0. The molecule has 2 aliphatic rings. The summed E-state index contributed by atoms with van der Waals surface area (Å²) in [6.07, 6.45) is 0. The van der Waals surface area contributed by atoms with Gasteiger partial charge in [0.1, 0.15) is 0 Å². The number of carboxylic acids is 1. The van der Waals surface area contributed by atoms with Crippen molar-refractivity contribution in [3.05, 3.63) is 0 Å². The first-order valence-corrected chi connectivity index (χ1v) is 8.35. The van der Waals surface area contributed by atoms with E-state index < -0.39 is 17.3 Å². The van der Waals surface area contributed by atoms with E-state index in [0.29, 0.717) is 11.8 Å². The lowest BCUT2D eigenvalue weighted by Gasteiger charge is -2.21. The van der Waals surface area contributed by atoms with E-state index >= 15 is 0 Å². The number of hydrogen-bond acceptors (Lipinski definition) is 4. The van der Waals surface area contributed by atoms with E-state index in [1.807, 2.05) is 37.4 Å². The molecule has 0 aromatic rings. The van der Waals surface area contributed by atoms with E-state index in [-0.39, 0.29) is 11.8 Å². The van der Waals surface area contributed by atoms with Gasteiger partial charge in [-0.2, -0.15) is 23.5 Å². The van der Waals surface area contributed by atoms with Crippen molar-refractivity contribution < 1.29 is 14.7 Å². The molecule has 0 bridgehead atoms. The van der Waals surface area contributed by atoms with Crippen LogP contribution < -0.4 is 5.32 Å². The highest BCUT2D eigenvalue weighted by Gasteiger charge is 2.65. The van der Waals surface area contributed by atoms with Crippen LogP contribution in [-0.2, 0) is 9.59 Å². The molecule has 2 rings (SSSR count). The molecule has 3 atom stereocenters. The van der Waals surface area contributed by atoms with Crippen molar-refractivity contribution in [1.82, 2.24) is 5.32 Å². The number of amides is 1. The highest BCUT2D eigenvalue weighted by molar-refractivity contribution is 8.06. The minimum absolute atomic E-state index is 0.0939. The number of carbonyl (C=O) groups is 2. The summed E-state index contributed by atoms with van der Waals surface area (Å²) in [5, 5.41) is 12.4. The quantitative estimate of drug-likeness (QED) is 0.817. The first-order chi connectivity index (χ1) is 8.44. The van der Waals surface area contributed by atoms with Crippen molar-refractivity contribution in [3.63, 3.8) is 0 Å². The van der Waals surface area contributed by atoms with E-state index in [4.69, 9.17) is 5.11 Å². The molecule has 1 aliphatic carbocycles. The molecular formula is C12H19NO3S2. The largest absolute Gasteiger partial charge is 0.481 e. The Balaban J connectivity index is 1.80. The van der Waals surface area contributed by atoms with Crippen LogP contribution in [0.1, 0.15) is 13.8 Å². The molecule has 1 unspecified atom stereocenters. The first-order valence-electron chi connectivity index (χ1n) is 6.14. The Morgan fingerprint density at radius 3 is 2.56 bits per heavy atom. The van der Waals surface area contributed by atoms with Crippen LogP contribution in [0, 0.1) is 17.3 Å². The minimum Gasteiger partial charge on any atom is -0.481 e. The van der Waals surface area contributed by atoms with Crippen LogP contribution in [0.4, 0.5) is 0 Å². The molecule has 0 radical (unpaired) electrons. The first kappa shape index (κ1) is 14.1. The van der Waals surface area contributed by atoms with E-state index in [9.17, 15) is 9.59 Å². The standard InChI is InChI=1S/C12H19NO3S2/c1-12(2)8(9(12)11(15)16)10(14)13-5-7-6-17-3-4-18-7/h7-9H,3-6H2,1-2H3,(H,13,14)(H,15,16)/t7?,8-,9+/m1/s1. The molecule has 0 aromatic carbocycles. The number of aliphatic carboxylic acids is 1. The maximum atomic E-state index is 12.0. The van der Waals surface area contributed by atoms with Gasteiger partial charge in [0.25, 0.3) is 0 Å². The number of nitrogens with one attached hydrogen (secondary N) is 1. The van der Waals surface area contributed by atoms with Crippen molar-refractivity contribution in [2.24, 2.45) is 17.3 Å². The Hall–Kier alpha value is -0.360. The Labute approximate surface area is 116 Å². The van der Waals surface area contributed by atoms with Gasteiger partial charge in [-0.3, -0.25) is 9.59 Å². The SMILES string of the molecule is CC1(C)[C@H](C(=O)O)[C@@H]1C(=O)NCC1CSCCS1. The predicted molar refractivity (Wildman–Crippen MR) is 75.0 cm³/mol. The number of thioether (sulfide) groups is 2. The van der Waals surface area contributed by atoms with Gasteiger partial charge in [0.15, 0.2) is 0 Å². The second-order valence-corrected chi connectivity index (χ2v) is 7.99. The zero-order valence-corrected chi connectivity index (χ0v) is 12.3. The van der Waals surface area contributed by atoms with Crippen LogP contribution in [0.15, 0.2) is 0 Å². The fourth-order valence-corrected chi connectivity index (χ4v) is 5.18. The van der Waals surface area contributed by atoms with Crippen LogP contribution >= 0.6 is 23.5 Å². The Bertz CT molecular complexity index is 353. The number of carboxylic acid groups (broad SMARTS) is 1. The molecule has 1 amide bonds. The monoisotopic (exact) mass is 289 g/mol. The lowest BCUT2D eigenvalue weighted by atomic mass is 10.1. The molecule has 1 heterocycles. The molecule has 2 N–H and O–H groups in total. The van der Waals surface area contributed by atoms with Crippen molar-refractivity contribution in [2.45, 2.75) is 19.1 Å². The lowest BCUT2D eigenvalue weighted by Crippen LogP contribution is -2.35. The molecule has 4 nitrogen and oxygen atoms in total. The summed E-state index contributed by atoms with van der Waals surface area (Å²) in [7, 11) is 0. The van der Waals surface area contributed by atoms with Gasteiger partial charge in [-0.1, -0.05) is 13.8 Å².